The number of nitrogen functional groups attached to an aromatic ring is 1. The first-order chi connectivity index (χ1) is 6.15. The van der Waals surface area contributed by atoms with Crippen LogP contribution in [0.25, 0.3) is 6.08 Å². The molecule has 0 amide bonds. The highest BCUT2D eigenvalue weighted by atomic mass is 15.1. The Morgan fingerprint density at radius 3 is 2.85 bits per heavy atom. The van der Waals surface area contributed by atoms with Crippen LogP contribution in [-0.2, 0) is 0 Å². The molecule has 13 heavy (non-hydrogen) atoms. The van der Waals surface area contributed by atoms with Gasteiger partial charge in [0, 0.05) is 5.56 Å². The van der Waals surface area contributed by atoms with E-state index in [0.717, 1.165) is 16.7 Å². The summed E-state index contributed by atoms with van der Waals surface area (Å²) in [7, 11) is 0. The third-order valence-electron chi connectivity index (χ3n) is 1.81. The van der Waals surface area contributed by atoms with E-state index in [-0.39, 0.29) is 0 Å². The molecular weight excluding hydrogens is 162 g/mol. The van der Waals surface area contributed by atoms with Crippen molar-refractivity contribution in [3.8, 4) is 0 Å². The van der Waals surface area contributed by atoms with Crippen LogP contribution in [0.5, 0.6) is 0 Å². The normalized spacial score (nSPS) is 11.4. The second kappa shape index (κ2) is 3.85. The molecule has 0 aromatic carbocycles. The zero-order valence-electron chi connectivity index (χ0n) is 7.91. The van der Waals surface area contributed by atoms with E-state index in [1.54, 1.807) is 12.3 Å². The van der Waals surface area contributed by atoms with Crippen LogP contribution in [-0.4, -0.2) is 10.2 Å². The van der Waals surface area contributed by atoms with Crippen molar-refractivity contribution in [3.05, 3.63) is 35.6 Å². The Balaban J connectivity index is 3.21. The van der Waals surface area contributed by atoms with Crippen molar-refractivity contribution < 1.29 is 0 Å². The summed E-state index contributed by atoms with van der Waals surface area (Å²) in [6.07, 6.45) is 5.42. The number of aryl methyl sites for hydroxylation is 1. The minimum Gasteiger partial charge on any atom is -0.382 e. The lowest BCUT2D eigenvalue weighted by Gasteiger charge is -2.02. The molecule has 0 fully saturated rings. The van der Waals surface area contributed by atoms with E-state index >= 15 is 0 Å². The Morgan fingerprint density at radius 2 is 2.31 bits per heavy atom. The first-order valence-electron chi connectivity index (χ1n) is 4.03. The Kier molecular flexibility index (Phi) is 2.80. The summed E-state index contributed by atoms with van der Waals surface area (Å²) < 4.78 is 0. The van der Waals surface area contributed by atoms with Crippen LogP contribution in [0, 0.1) is 6.92 Å². The maximum atomic E-state index is 5.67. The maximum absolute atomic E-state index is 5.67. The summed E-state index contributed by atoms with van der Waals surface area (Å²) in [6, 6.07) is 0. The maximum Gasteiger partial charge on any atom is 0.153 e. The second-order valence-electron chi connectivity index (χ2n) is 2.92. The van der Waals surface area contributed by atoms with Gasteiger partial charge in [-0.05, 0) is 25.5 Å². The van der Waals surface area contributed by atoms with E-state index in [9.17, 15) is 0 Å². The van der Waals surface area contributed by atoms with Crippen LogP contribution < -0.4 is 5.73 Å². The molecule has 2 N–H and O–H groups in total. The predicted molar refractivity (Wildman–Crippen MR) is 55.0 cm³/mol. The van der Waals surface area contributed by atoms with Crippen molar-refractivity contribution in [2.24, 2.45) is 0 Å². The van der Waals surface area contributed by atoms with E-state index in [0.29, 0.717) is 5.82 Å². The van der Waals surface area contributed by atoms with E-state index in [4.69, 9.17) is 5.73 Å². The second-order valence-corrected chi connectivity index (χ2v) is 2.92. The average Bonchev–Trinajstić information content (AvgIpc) is 2.11. The summed E-state index contributed by atoms with van der Waals surface area (Å²) in [5, 5.41) is 7.52. The summed E-state index contributed by atoms with van der Waals surface area (Å²) >= 11 is 0. The highest BCUT2D eigenvalue weighted by molar-refractivity contribution is 5.66. The van der Waals surface area contributed by atoms with E-state index < -0.39 is 0 Å². The number of aromatic nitrogens is 2. The standard InChI is InChI=1S/C10H13N3/c1-4-7(2)5-9-8(3)6-12-13-10(9)11/h4-6H,1H2,2-3H3,(H2,11,13)/b7-5-. The van der Waals surface area contributed by atoms with Crippen molar-refractivity contribution in [3.63, 3.8) is 0 Å². The molecule has 0 spiro atoms. The van der Waals surface area contributed by atoms with Gasteiger partial charge < -0.3 is 5.73 Å². The molecule has 0 unspecified atom stereocenters. The van der Waals surface area contributed by atoms with Gasteiger partial charge in [-0.15, -0.1) is 5.10 Å². The van der Waals surface area contributed by atoms with Crippen LogP contribution in [0.4, 0.5) is 5.82 Å². The molecule has 1 rings (SSSR count). The monoisotopic (exact) mass is 175 g/mol. The van der Waals surface area contributed by atoms with Gasteiger partial charge in [-0.3, -0.25) is 0 Å². The lowest BCUT2D eigenvalue weighted by molar-refractivity contribution is 1.02. The van der Waals surface area contributed by atoms with Crippen LogP contribution >= 0.6 is 0 Å². The molecule has 0 bridgehead atoms. The molecule has 0 saturated carbocycles. The van der Waals surface area contributed by atoms with Gasteiger partial charge in [0.25, 0.3) is 0 Å². The fourth-order valence-corrected chi connectivity index (χ4v) is 0.977. The summed E-state index contributed by atoms with van der Waals surface area (Å²) in [6.45, 7) is 7.59. The molecule has 1 aromatic rings. The highest BCUT2D eigenvalue weighted by Gasteiger charge is 2.00. The Hall–Kier alpha value is -1.64. The molecule has 3 heteroatoms. The molecule has 3 nitrogen and oxygen atoms in total. The molecule has 0 atom stereocenters. The lowest BCUT2D eigenvalue weighted by Crippen LogP contribution is -1.98. The highest BCUT2D eigenvalue weighted by Crippen LogP contribution is 2.16. The minimum absolute atomic E-state index is 0.459. The van der Waals surface area contributed by atoms with Crippen molar-refractivity contribution in [1.82, 2.24) is 10.2 Å². The summed E-state index contributed by atoms with van der Waals surface area (Å²) in [5.41, 5.74) is 8.68. The van der Waals surface area contributed by atoms with Crippen LogP contribution in [0.15, 0.2) is 24.4 Å². The number of nitrogens with zero attached hydrogens (tertiary/aromatic N) is 2. The molecule has 0 aliphatic carbocycles. The zero-order valence-corrected chi connectivity index (χ0v) is 7.91. The Bertz CT molecular complexity index is 333. The smallest absolute Gasteiger partial charge is 0.153 e. The topological polar surface area (TPSA) is 51.8 Å². The molecule has 1 heterocycles. The number of rotatable bonds is 2. The van der Waals surface area contributed by atoms with Gasteiger partial charge >= 0.3 is 0 Å². The Morgan fingerprint density at radius 1 is 1.62 bits per heavy atom. The van der Waals surface area contributed by atoms with Gasteiger partial charge in [0.2, 0.25) is 0 Å². The minimum atomic E-state index is 0.459. The number of allylic oxidation sites excluding steroid dienone is 2. The molecule has 1 aromatic heterocycles. The molecule has 0 aliphatic rings. The van der Waals surface area contributed by atoms with Crippen molar-refractivity contribution in [1.29, 1.82) is 0 Å². The number of hydrogen-bond donors (Lipinski definition) is 1. The largest absolute Gasteiger partial charge is 0.382 e. The predicted octanol–water partition coefficient (Wildman–Crippen LogP) is 1.96. The molecule has 0 saturated heterocycles. The fourth-order valence-electron chi connectivity index (χ4n) is 0.977. The number of hydrogen-bond acceptors (Lipinski definition) is 3. The molecule has 0 aliphatic heterocycles. The van der Waals surface area contributed by atoms with Crippen molar-refractivity contribution in [2.75, 3.05) is 5.73 Å². The quantitative estimate of drug-likeness (QED) is 0.699. The summed E-state index contributed by atoms with van der Waals surface area (Å²) in [5.74, 6) is 0.459. The van der Waals surface area contributed by atoms with E-state index in [1.807, 2.05) is 19.9 Å². The molecule has 0 radical (unpaired) electrons. The van der Waals surface area contributed by atoms with Crippen LogP contribution in [0.1, 0.15) is 18.1 Å². The van der Waals surface area contributed by atoms with Gasteiger partial charge in [0.1, 0.15) is 0 Å². The number of anilines is 1. The number of nitrogens with two attached hydrogens (primary N) is 1. The van der Waals surface area contributed by atoms with Gasteiger partial charge in [-0.1, -0.05) is 18.2 Å². The van der Waals surface area contributed by atoms with Gasteiger partial charge in [0.05, 0.1) is 6.20 Å². The third kappa shape index (κ3) is 2.15. The molecule has 68 valence electrons. The molecular formula is C10H13N3. The van der Waals surface area contributed by atoms with Gasteiger partial charge in [-0.2, -0.15) is 5.10 Å². The van der Waals surface area contributed by atoms with Crippen molar-refractivity contribution in [2.45, 2.75) is 13.8 Å². The van der Waals surface area contributed by atoms with Crippen LogP contribution in [0.2, 0.25) is 0 Å². The van der Waals surface area contributed by atoms with Crippen LogP contribution in [0.3, 0.4) is 0 Å². The first kappa shape index (κ1) is 9.45. The summed E-state index contributed by atoms with van der Waals surface area (Å²) in [4.78, 5) is 0. The third-order valence-corrected chi connectivity index (χ3v) is 1.81. The Labute approximate surface area is 78.0 Å². The van der Waals surface area contributed by atoms with Crippen molar-refractivity contribution >= 4 is 11.9 Å². The van der Waals surface area contributed by atoms with E-state index in [1.165, 1.54) is 0 Å². The first-order valence-corrected chi connectivity index (χ1v) is 4.03. The van der Waals surface area contributed by atoms with Gasteiger partial charge in [0.15, 0.2) is 5.82 Å². The SMILES string of the molecule is C=C/C(C)=C\c1c(C)cnnc1N. The lowest BCUT2D eigenvalue weighted by atomic mass is 10.1. The van der Waals surface area contributed by atoms with Gasteiger partial charge in [-0.25, -0.2) is 0 Å². The fraction of sp³-hybridized carbons (Fsp3) is 0.200. The zero-order chi connectivity index (χ0) is 9.84. The average molecular weight is 175 g/mol. The van der Waals surface area contributed by atoms with E-state index in [2.05, 4.69) is 16.8 Å².